The van der Waals surface area contributed by atoms with Gasteiger partial charge in [0.15, 0.2) is 11.6 Å². The Morgan fingerprint density at radius 3 is 2.53 bits per heavy atom. The molecule has 0 amide bonds. The highest BCUT2D eigenvalue weighted by Crippen LogP contribution is 2.32. The molecule has 4 rings (SSSR count). The van der Waals surface area contributed by atoms with Crippen molar-refractivity contribution < 1.29 is 13.2 Å². The first-order chi connectivity index (χ1) is 14.4. The van der Waals surface area contributed by atoms with Crippen LogP contribution in [0.3, 0.4) is 0 Å². The lowest BCUT2D eigenvalue weighted by Gasteiger charge is -2.13. The van der Waals surface area contributed by atoms with Crippen LogP contribution in [0.5, 0.6) is 11.6 Å². The van der Waals surface area contributed by atoms with Crippen LogP contribution >= 0.6 is 0 Å². The van der Waals surface area contributed by atoms with E-state index in [1.807, 2.05) is 31.2 Å². The number of para-hydroxylation sites is 1. The lowest BCUT2D eigenvalue weighted by atomic mass is 10.2. The van der Waals surface area contributed by atoms with Crippen LogP contribution in [0.15, 0.2) is 72.0 Å². The molecule has 0 aliphatic heterocycles. The van der Waals surface area contributed by atoms with Crippen molar-refractivity contribution in [3.05, 3.63) is 72.7 Å². The second-order valence-electron chi connectivity index (χ2n) is 6.42. The summed E-state index contributed by atoms with van der Waals surface area (Å²) in [5.74, 6) is 0.591. The summed E-state index contributed by atoms with van der Waals surface area (Å²) in [6.45, 7) is 1.87. The largest absolute Gasteiger partial charge is 0.435 e. The molecule has 0 saturated heterocycles. The Balaban J connectivity index is 1.56. The zero-order valence-electron chi connectivity index (χ0n) is 15.9. The van der Waals surface area contributed by atoms with E-state index in [0.29, 0.717) is 11.3 Å². The number of nitrogens with two attached hydrogens (primary N) is 1. The first kappa shape index (κ1) is 19.6. The summed E-state index contributed by atoms with van der Waals surface area (Å²) in [5, 5.41) is 0.895. The minimum absolute atomic E-state index is 0.0389. The molecular formula is C20H18N6O3S. The molecule has 2 aromatic heterocycles. The molecular weight excluding hydrogens is 404 g/mol. The quantitative estimate of drug-likeness (QED) is 0.404. The van der Waals surface area contributed by atoms with Crippen molar-refractivity contribution in [1.29, 1.82) is 0 Å². The molecule has 0 unspecified atom stereocenters. The summed E-state index contributed by atoms with van der Waals surface area (Å²) in [7, 11) is -3.82. The molecule has 0 fully saturated rings. The fourth-order valence-corrected chi connectivity index (χ4v) is 3.56. The van der Waals surface area contributed by atoms with Gasteiger partial charge in [-0.1, -0.05) is 35.9 Å². The van der Waals surface area contributed by atoms with Crippen LogP contribution in [-0.2, 0) is 10.0 Å². The van der Waals surface area contributed by atoms with Gasteiger partial charge in [-0.25, -0.2) is 13.4 Å². The monoisotopic (exact) mass is 422 g/mol. The summed E-state index contributed by atoms with van der Waals surface area (Å²) < 4.78 is 30.7. The van der Waals surface area contributed by atoms with Gasteiger partial charge in [0.25, 0.3) is 10.0 Å². The van der Waals surface area contributed by atoms with Crippen LogP contribution in [0.25, 0.3) is 10.9 Å². The molecule has 0 aliphatic carbocycles. The molecule has 0 radical (unpaired) electrons. The minimum Gasteiger partial charge on any atom is -0.435 e. The van der Waals surface area contributed by atoms with Crippen molar-refractivity contribution in [1.82, 2.24) is 19.8 Å². The normalized spacial score (nSPS) is 11.4. The van der Waals surface area contributed by atoms with E-state index in [-0.39, 0.29) is 22.3 Å². The highest BCUT2D eigenvalue weighted by Gasteiger charge is 2.17. The average molecular weight is 422 g/mol. The number of benzene rings is 2. The molecule has 0 spiro atoms. The molecule has 0 aliphatic rings. The molecule has 10 heteroatoms. The van der Waals surface area contributed by atoms with Crippen molar-refractivity contribution in [3.63, 3.8) is 0 Å². The van der Waals surface area contributed by atoms with Gasteiger partial charge in [0.05, 0.1) is 4.90 Å². The smallest absolute Gasteiger partial charge is 0.257 e. The predicted octanol–water partition coefficient (Wildman–Crippen LogP) is 3.01. The number of nitrogens with zero attached hydrogens (tertiary/aromatic N) is 3. The maximum atomic E-state index is 12.5. The van der Waals surface area contributed by atoms with Gasteiger partial charge in [-0.2, -0.15) is 4.98 Å². The fraction of sp³-hybridized carbons (Fsp3) is 0.0500. The summed E-state index contributed by atoms with van der Waals surface area (Å²) in [6.07, 6.45) is 2.87. The minimum atomic E-state index is -3.82. The first-order valence-corrected chi connectivity index (χ1v) is 10.4. The third-order valence-corrected chi connectivity index (χ3v) is 5.55. The van der Waals surface area contributed by atoms with Crippen molar-refractivity contribution in [3.8, 4) is 11.6 Å². The number of aromatic nitrogens is 3. The lowest BCUT2D eigenvalue weighted by Crippen LogP contribution is -2.30. The van der Waals surface area contributed by atoms with Gasteiger partial charge in [-0.05, 0) is 31.2 Å². The van der Waals surface area contributed by atoms with Gasteiger partial charge < -0.3 is 10.5 Å². The van der Waals surface area contributed by atoms with E-state index in [0.717, 1.165) is 10.9 Å². The third-order valence-electron chi connectivity index (χ3n) is 4.28. The van der Waals surface area contributed by atoms with E-state index >= 15 is 0 Å². The van der Waals surface area contributed by atoms with Gasteiger partial charge in [-0.15, -0.1) is 4.83 Å². The Kier molecular flexibility index (Phi) is 5.17. The van der Waals surface area contributed by atoms with Gasteiger partial charge in [-0.3, -0.25) is 10.4 Å². The number of hydrazine groups is 1. The van der Waals surface area contributed by atoms with Crippen LogP contribution in [0.4, 0.5) is 11.5 Å². The summed E-state index contributed by atoms with van der Waals surface area (Å²) >= 11 is 0. The number of ether oxygens (including phenoxy) is 1. The number of hydrogen-bond acceptors (Lipinski definition) is 8. The second kappa shape index (κ2) is 7.93. The Morgan fingerprint density at radius 2 is 1.73 bits per heavy atom. The van der Waals surface area contributed by atoms with Gasteiger partial charge >= 0.3 is 0 Å². The highest BCUT2D eigenvalue weighted by atomic mass is 32.2. The summed E-state index contributed by atoms with van der Waals surface area (Å²) in [6, 6.07) is 15.6. The van der Waals surface area contributed by atoms with Crippen molar-refractivity contribution in [2.45, 2.75) is 11.8 Å². The third kappa shape index (κ3) is 4.00. The van der Waals surface area contributed by atoms with E-state index in [9.17, 15) is 8.42 Å². The van der Waals surface area contributed by atoms with Crippen molar-refractivity contribution in [2.24, 2.45) is 0 Å². The number of hydrogen-bond donors (Lipinski definition) is 3. The standard InChI is InChI=1S/C20H18N6O3S/c1-13-7-9-15(10-8-13)30(27,28)26-25-19-17(21)20(24-12-23-19)29-16-6-2-4-14-5-3-11-22-18(14)16/h2-12,26H,21H2,1H3,(H,23,24,25). The number of rotatable bonds is 6. The molecule has 9 nitrogen and oxygen atoms in total. The van der Waals surface area contributed by atoms with Gasteiger partial charge in [0, 0.05) is 11.6 Å². The topological polar surface area (TPSA) is 132 Å². The number of nitrogen functional groups attached to an aromatic ring is 1. The number of nitrogens with one attached hydrogen (secondary N) is 2. The van der Waals surface area contributed by atoms with Crippen LogP contribution in [0.1, 0.15) is 5.56 Å². The zero-order chi connectivity index (χ0) is 21.1. The van der Waals surface area contributed by atoms with E-state index in [1.165, 1.54) is 18.5 Å². The Morgan fingerprint density at radius 1 is 0.967 bits per heavy atom. The molecule has 2 heterocycles. The summed E-state index contributed by atoms with van der Waals surface area (Å²) in [4.78, 5) is 14.7. The van der Waals surface area contributed by atoms with E-state index in [1.54, 1.807) is 24.4 Å². The van der Waals surface area contributed by atoms with Crippen LogP contribution in [-0.4, -0.2) is 23.4 Å². The molecule has 0 saturated carbocycles. The molecule has 0 atom stereocenters. The number of anilines is 2. The van der Waals surface area contributed by atoms with Crippen molar-refractivity contribution in [2.75, 3.05) is 11.2 Å². The molecule has 2 aromatic carbocycles. The van der Waals surface area contributed by atoms with Gasteiger partial charge in [0.1, 0.15) is 17.5 Å². The average Bonchev–Trinajstić information content (AvgIpc) is 2.75. The maximum Gasteiger partial charge on any atom is 0.257 e. The first-order valence-electron chi connectivity index (χ1n) is 8.90. The van der Waals surface area contributed by atoms with Crippen LogP contribution in [0.2, 0.25) is 0 Å². The number of pyridine rings is 1. The Hall–Kier alpha value is -3.76. The van der Waals surface area contributed by atoms with Crippen molar-refractivity contribution >= 4 is 32.4 Å². The van der Waals surface area contributed by atoms with E-state index < -0.39 is 10.0 Å². The van der Waals surface area contributed by atoms with Crippen LogP contribution in [0, 0.1) is 6.92 Å². The Bertz CT molecular complexity index is 1300. The lowest BCUT2D eigenvalue weighted by molar-refractivity contribution is 0.468. The number of aryl methyl sites for hydroxylation is 1. The second-order valence-corrected chi connectivity index (χ2v) is 8.10. The highest BCUT2D eigenvalue weighted by molar-refractivity contribution is 7.89. The molecule has 152 valence electrons. The maximum absolute atomic E-state index is 12.5. The van der Waals surface area contributed by atoms with E-state index in [4.69, 9.17) is 10.5 Å². The predicted molar refractivity (Wildman–Crippen MR) is 113 cm³/mol. The van der Waals surface area contributed by atoms with E-state index in [2.05, 4.69) is 25.2 Å². The fourth-order valence-electron chi connectivity index (χ4n) is 2.71. The zero-order valence-corrected chi connectivity index (χ0v) is 16.7. The molecule has 4 N–H and O–H groups in total. The Labute approximate surface area is 173 Å². The summed E-state index contributed by atoms with van der Waals surface area (Å²) in [5.41, 5.74) is 10.3. The molecule has 0 bridgehead atoms. The molecule has 4 aromatic rings. The number of sulfonamides is 1. The number of fused-ring (bicyclic) bond motifs is 1. The van der Waals surface area contributed by atoms with Crippen LogP contribution < -0.4 is 20.7 Å². The molecule has 30 heavy (non-hydrogen) atoms. The van der Waals surface area contributed by atoms with Gasteiger partial charge in [0.2, 0.25) is 5.88 Å². The SMILES string of the molecule is Cc1ccc(S(=O)(=O)NNc2ncnc(Oc3cccc4cccnc34)c2N)cc1.